The van der Waals surface area contributed by atoms with Gasteiger partial charge in [0.15, 0.2) is 0 Å². The second-order valence-electron chi connectivity index (χ2n) is 2.34. The van der Waals surface area contributed by atoms with E-state index < -0.39 is 0 Å². The van der Waals surface area contributed by atoms with E-state index in [1.807, 2.05) is 18.0 Å². The molecule has 0 atom stereocenters. The number of aryl methyl sites for hydroxylation is 1. The Labute approximate surface area is 71.0 Å². The van der Waals surface area contributed by atoms with Gasteiger partial charge in [0, 0.05) is 19.2 Å². The number of aromatic nitrogens is 2. The number of thioether (sulfide) groups is 1. The Morgan fingerprint density at radius 2 is 2.45 bits per heavy atom. The van der Waals surface area contributed by atoms with Crippen molar-refractivity contribution in [1.29, 1.82) is 0 Å². The summed E-state index contributed by atoms with van der Waals surface area (Å²) in [6.45, 7) is 0.688. The van der Waals surface area contributed by atoms with E-state index in [4.69, 9.17) is 5.73 Å². The minimum absolute atomic E-state index is 0.688. The molecule has 1 rings (SSSR count). The molecule has 11 heavy (non-hydrogen) atoms. The summed E-state index contributed by atoms with van der Waals surface area (Å²) in [4.78, 5) is 0. The van der Waals surface area contributed by atoms with Gasteiger partial charge >= 0.3 is 0 Å². The van der Waals surface area contributed by atoms with Gasteiger partial charge in [-0.25, -0.2) is 0 Å². The number of rotatable bonds is 3. The van der Waals surface area contributed by atoms with Crippen molar-refractivity contribution in [1.82, 2.24) is 9.78 Å². The van der Waals surface area contributed by atoms with E-state index in [9.17, 15) is 0 Å². The van der Waals surface area contributed by atoms with Gasteiger partial charge in [0.1, 0.15) is 5.03 Å². The van der Waals surface area contributed by atoms with Crippen LogP contribution in [0.25, 0.3) is 0 Å². The summed E-state index contributed by atoms with van der Waals surface area (Å²) in [5, 5.41) is 5.34. The van der Waals surface area contributed by atoms with Crippen LogP contribution in [0, 0.1) is 0 Å². The first kappa shape index (κ1) is 8.62. The van der Waals surface area contributed by atoms with Crippen molar-refractivity contribution in [3.63, 3.8) is 0 Å². The van der Waals surface area contributed by atoms with E-state index in [0.717, 1.165) is 11.4 Å². The molecule has 0 unspecified atom stereocenters. The van der Waals surface area contributed by atoms with E-state index >= 15 is 0 Å². The minimum Gasteiger partial charge on any atom is -0.330 e. The van der Waals surface area contributed by atoms with Crippen LogP contribution in [0.5, 0.6) is 0 Å². The van der Waals surface area contributed by atoms with E-state index in [2.05, 4.69) is 11.2 Å². The highest BCUT2D eigenvalue weighted by Crippen LogP contribution is 2.13. The van der Waals surface area contributed by atoms with Crippen LogP contribution in [0.1, 0.15) is 5.69 Å². The average molecular weight is 171 g/mol. The van der Waals surface area contributed by atoms with Gasteiger partial charge in [0.2, 0.25) is 0 Å². The Hall–Kier alpha value is -0.480. The molecular formula is C7H13N3S. The molecule has 2 N–H and O–H groups in total. The highest BCUT2D eigenvalue weighted by Gasteiger charge is 2.01. The lowest BCUT2D eigenvalue weighted by molar-refractivity contribution is 0.689. The summed E-state index contributed by atoms with van der Waals surface area (Å²) in [6, 6.07) is 2.08. The van der Waals surface area contributed by atoms with Gasteiger partial charge in [0.05, 0.1) is 0 Å². The maximum absolute atomic E-state index is 5.43. The molecule has 0 radical (unpaired) electrons. The molecule has 0 bridgehead atoms. The number of nitrogens with zero attached hydrogens (tertiary/aromatic N) is 2. The summed E-state index contributed by atoms with van der Waals surface area (Å²) < 4.78 is 1.89. The molecule has 62 valence electrons. The van der Waals surface area contributed by atoms with Crippen molar-refractivity contribution < 1.29 is 0 Å². The second kappa shape index (κ2) is 3.78. The number of hydrogen-bond acceptors (Lipinski definition) is 3. The molecule has 1 aromatic rings. The van der Waals surface area contributed by atoms with Crippen LogP contribution in [-0.2, 0) is 13.5 Å². The fourth-order valence-corrected chi connectivity index (χ4v) is 1.42. The zero-order valence-electron chi connectivity index (χ0n) is 6.87. The van der Waals surface area contributed by atoms with Crippen molar-refractivity contribution in [3.8, 4) is 0 Å². The zero-order valence-corrected chi connectivity index (χ0v) is 7.69. The monoisotopic (exact) mass is 171 g/mol. The summed E-state index contributed by atoms with van der Waals surface area (Å²) in [6.07, 6.45) is 2.93. The van der Waals surface area contributed by atoms with Gasteiger partial charge in [-0.1, -0.05) is 0 Å². The molecule has 1 heterocycles. The fraction of sp³-hybridized carbons (Fsp3) is 0.571. The Kier molecular flexibility index (Phi) is 2.96. The third-order valence-corrected chi connectivity index (χ3v) is 2.18. The van der Waals surface area contributed by atoms with E-state index in [-0.39, 0.29) is 0 Å². The molecular weight excluding hydrogens is 158 g/mol. The normalized spacial score (nSPS) is 10.5. The number of hydrogen-bond donors (Lipinski definition) is 1. The van der Waals surface area contributed by atoms with Gasteiger partial charge in [0.25, 0.3) is 0 Å². The molecule has 0 aromatic carbocycles. The lowest BCUT2D eigenvalue weighted by atomic mass is 10.3. The third-order valence-electron chi connectivity index (χ3n) is 1.56. The minimum atomic E-state index is 0.688. The third kappa shape index (κ3) is 1.97. The molecule has 0 spiro atoms. The quantitative estimate of drug-likeness (QED) is 0.679. The molecule has 0 amide bonds. The Balaban J connectivity index is 2.79. The van der Waals surface area contributed by atoms with Crippen molar-refractivity contribution >= 4 is 11.8 Å². The lowest BCUT2D eigenvalue weighted by Gasteiger charge is -1.95. The molecule has 3 nitrogen and oxygen atoms in total. The van der Waals surface area contributed by atoms with Crippen LogP contribution < -0.4 is 5.73 Å². The Morgan fingerprint density at radius 1 is 1.73 bits per heavy atom. The van der Waals surface area contributed by atoms with Gasteiger partial charge in [-0.15, -0.1) is 11.8 Å². The van der Waals surface area contributed by atoms with Crippen LogP contribution in [-0.4, -0.2) is 22.6 Å². The molecule has 0 saturated heterocycles. The second-order valence-corrected chi connectivity index (χ2v) is 3.17. The zero-order chi connectivity index (χ0) is 8.27. The summed E-state index contributed by atoms with van der Waals surface area (Å²) >= 11 is 1.66. The topological polar surface area (TPSA) is 43.8 Å². The average Bonchev–Trinajstić information content (AvgIpc) is 2.33. The molecule has 1 aromatic heterocycles. The van der Waals surface area contributed by atoms with Crippen LogP contribution in [0.3, 0.4) is 0 Å². The molecule has 0 aliphatic carbocycles. The summed E-state index contributed by atoms with van der Waals surface area (Å²) in [5.41, 5.74) is 6.64. The summed E-state index contributed by atoms with van der Waals surface area (Å²) in [7, 11) is 1.95. The van der Waals surface area contributed by atoms with Crippen LogP contribution in [0.2, 0.25) is 0 Å². The number of nitrogens with two attached hydrogens (primary N) is 1. The van der Waals surface area contributed by atoms with Crippen LogP contribution in [0.4, 0.5) is 0 Å². The fourth-order valence-electron chi connectivity index (χ4n) is 0.958. The van der Waals surface area contributed by atoms with E-state index in [1.165, 1.54) is 5.69 Å². The van der Waals surface area contributed by atoms with Crippen molar-refractivity contribution in [2.75, 3.05) is 12.8 Å². The lowest BCUT2D eigenvalue weighted by Crippen LogP contribution is -2.06. The predicted molar refractivity (Wildman–Crippen MR) is 47.7 cm³/mol. The predicted octanol–water partition coefficient (Wildman–Crippen LogP) is 0.643. The molecule has 4 heteroatoms. The highest BCUT2D eigenvalue weighted by molar-refractivity contribution is 7.98. The van der Waals surface area contributed by atoms with Crippen LogP contribution in [0.15, 0.2) is 11.1 Å². The molecule has 0 aliphatic heterocycles. The maximum Gasteiger partial charge on any atom is 0.118 e. The molecule has 0 aliphatic rings. The largest absolute Gasteiger partial charge is 0.330 e. The first-order chi connectivity index (χ1) is 5.27. The first-order valence-electron chi connectivity index (χ1n) is 3.55. The first-order valence-corrected chi connectivity index (χ1v) is 4.77. The smallest absolute Gasteiger partial charge is 0.118 e. The van der Waals surface area contributed by atoms with Gasteiger partial charge in [-0.3, -0.25) is 4.68 Å². The van der Waals surface area contributed by atoms with Crippen molar-refractivity contribution in [3.05, 3.63) is 11.8 Å². The van der Waals surface area contributed by atoms with Gasteiger partial charge in [-0.2, -0.15) is 5.10 Å². The highest BCUT2D eigenvalue weighted by atomic mass is 32.2. The van der Waals surface area contributed by atoms with E-state index in [0.29, 0.717) is 6.54 Å². The Morgan fingerprint density at radius 3 is 2.91 bits per heavy atom. The molecule has 0 fully saturated rings. The standard InChI is InChI=1S/C7H13N3S/c1-10-6(3-4-8)5-7(9-10)11-2/h5H,3-4,8H2,1-2H3. The van der Waals surface area contributed by atoms with Gasteiger partial charge in [-0.05, 0) is 18.9 Å². The van der Waals surface area contributed by atoms with E-state index in [1.54, 1.807) is 11.8 Å². The molecule has 0 saturated carbocycles. The van der Waals surface area contributed by atoms with Crippen molar-refractivity contribution in [2.24, 2.45) is 12.8 Å². The van der Waals surface area contributed by atoms with Crippen LogP contribution >= 0.6 is 11.8 Å². The van der Waals surface area contributed by atoms with Gasteiger partial charge < -0.3 is 5.73 Å². The maximum atomic E-state index is 5.43. The summed E-state index contributed by atoms with van der Waals surface area (Å²) in [5.74, 6) is 0. The van der Waals surface area contributed by atoms with Crippen molar-refractivity contribution in [2.45, 2.75) is 11.4 Å². The SMILES string of the molecule is CSc1cc(CCN)n(C)n1. The Bertz CT molecular complexity index is 232.